The summed E-state index contributed by atoms with van der Waals surface area (Å²) in [7, 11) is -3.71. The predicted molar refractivity (Wildman–Crippen MR) is 171 cm³/mol. The molecular weight excluding hydrogens is 558 g/mol. The predicted octanol–water partition coefficient (Wildman–Crippen LogP) is 5.99. The van der Waals surface area contributed by atoms with Gasteiger partial charge in [-0.25, -0.2) is 8.42 Å². The van der Waals surface area contributed by atoms with Crippen LogP contribution in [0, 0.1) is 6.92 Å². The van der Waals surface area contributed by atoms with Gasteiger partial charge in [0.05, 0.1) is 10.6 Å². The van der Waals surface area contributed by atoms with E-state index in [0.717, 1.165) is 33.9 Å². The summed E-state index contributed by atoms with van der Waals surface area (Å²) >= 11 is 0. The van der Waals surface area contributed by atoms with Crippen molar-refractivity contribution in [3.8, 4) is 0 Å². The van der Waals surface area contributed by atoms with Crippen molar-refractivity contribution in [1.82, 2.24) is 10.2 Å². The van der Waals surface area contributed by atoms with Crippen molar-refractivity contribution in [3.05, 3.63) is 108 Å². The molecule has 4 aromatic carbocycles. The average molecular weight is 598 g/mol. The van der Waals surface area contributed by atoms with Crippen molar-refractivity contribution in [2.24, 2.45) is 0 Å². The number of anilines is 1. The lowest BCUT2D eigenvalue weighted by atomic mass is 10.0. The summed E-state index contributed by atoms with van der Waals surface area (Å²) < 4.78 is 28.3. The Morgan fingerprint density at radius 1 is 0.907 bits per heavy atom. The first-order chi connectivity index (χ1) is 20.7. The normalized spacial score (nSPS) is 14.8. The van der Waals surface area contributed by atoms with Gasteiger partial charge in [0, 0.05) is 37.4 Å². The molecule has 0 spiro atoms. The Kier molecular flexibility index (Phi) is 9.16. The van der Waals surface area contributed by atoms with Crippen LogP contribution in [0.1, 0.15) is 49.8 Å². The molecule has 0 bridgehead atoms. The molecule has 1 aliphatic rings. The van der Waals surface area contributed by atoms with Crippen molar-refractivity contribution < 1.29 is 18.0 Å². The molecule has 0 fully saturated rings. The molecule has 2 atom stereocenters. The molecule has 7 nitrogen and oxygen atoms in total. The number of carbonyl (C=O) groups excluding carboxylic acids is 2. The van der Waals surface area contributed by atoms with Crippen LogP contribution in [0.3, 0.4) is 0 Å². The molecule has 0 aromatic heterocycles. The van der Waals surface area contributed by atoms with Crippen LogP contribution in [0.15, 0.2) is 95.9 Å². The number of sulfonamides is 1. The van der Waals surface area contributed by atoms with Gasteiger partial charge in [0.15, 0.2) is 0 Å². The van der Waals surface area contributed by atoms with Crippen molar-refractivity contribution >= 4 is 38.3 Å². The molecule has 0 saturated carbocycles. The van der Waals surface area contributed by atoms with E-state index in [0.29, 0.717) is 23.4 Å². The maximum atomic E-state index is 14.0. The molecule has 2 unspecified atom stereocenters. The van der Waals surface area contributed by atoms with Gasteiger partial charge in [0.25, 0.3) is 10.0 Å². The van der Waals surface area contributed by atoms with E-state index in [2.05, 4.69) is 5.32 Å². The zero-order chi connectivity index (χ0) is 30.6. The van der Waals surface area contributed by atoms with E-state index in [-0.39, 0.29) is 37.4 Å². The molecule has 0 aliphatic carbocycles. The van der Waals surface area contributed by atoms with Crippen molar-refractivity contribution in [2.45, 2.75) is 70.0 Å². The summed E-state index contributed by atoms with van der Waals surface area (Å²) in [6.45, 7) is 6.42. The summed E-state index contributed by atoms with van der Waals surface area (Å²) in [6, 6.07) is 27.8. The lowest BCUT2D eigenvalue weighted by Crippen LogP contribution is -2.52. The zero-order valence-corrected chi connectivity index (χ0v) is 25.8. The molecule has 43 heavy (non-hydrogen) atoms. The molecule has 4 aromatic rings. The minimum absolute atomic E-state index is 0.0357. The van der Waals surface area contributed by atoms with Crippen LogP contribution in [0.2, 0.25) is 0 Å². The molecule has 8 heteroatoms. The highest BCUT2D eigenvalue weighted by Crippen LogP contribution is 2.42. The van der Waals surface area contributed by atoms with Crippen LogP contribution in [0.5, 0.6) is 0 Å². The number of hydrogen-bond acceptors (Lipinski definition) is 4. The van der Waals surface area contributed by atoms with Crippen molar-refractivity contribution in [3.63, 3.8) is 0 Å². The van der Waals surface area contributed by atoms with E-state index in [9.17, 15) is 18.0 Å². The van der Waals surface area contributed by atoms with E-state index in [1.807, 2.05) is 99.6 Å². The second-order valence-corrected chi connectivity index (χ2v) is 13.2. The van der Waals surface area contributed by atoms with Gasteiger partial charge in [0.1, 0.15) is 6.04 Å². The van der Waals surface area contributed by atoms with Gasteiger partial charge in [-0.2, -0.15) is 0 Å². The SMILES string of the molecule is CCC(C)NC(=O)C(Cc1ccccc1)N(Cc1cccc(C)c1)C(=O)CCCN1c2cccc3cccc(c23)S1(=O)=O. The number of hydrogen-bond donors (Lipinski definition) is 1. The number of nitrogens with zero attached hydrogens (tertiary/aromatic N) is 2. The second kappa shape index (κ2) is 13.0. The topological polar surface area (TPSA) is 86.8 Å². The lowest BCUT2D eigenvalue weighted by Gasteiger charge is -2.32. The third-order valence-electron chi connectivity index (χ3n) is 8.14. The Morgan fingerprint density at radius 2 is 1.60 bits per heavy atom. The van der Waals surface area contributed by atoms with Crippen LogP contribution in [-0.4, -0.2) is 43.8 Å². The van der Waals surface area contributed by atoms with E-state index in [1.54, 1.807) is 17.0 Å². The van der Waals surface area contributed by atoms with E-state index >= 15 is 0 Å². The Morgan fingerprint density at radius 3 is 2.33 bits per heavy atom. The van der Waals surface area contributed by atoms with Crippen LogP contribution >= 0.6 is 0 Å². The van der Waals surface area contributed by atoms with E-state index in [1.165, 1.54) is 4.31 Å². The van der Waals surface area contributed by atoms with Gasteiger partial charge in [-0.1, -0.05) is 91.3 Å². The third-order valence-corrected chi connectivity index (χ3v) is 10.00. The number of aryl methyl sites for hydroxylation is 1. The van der Waals surface area contributed by atoms with Gasteiger partial charge >= 0.3 is 0 Å². The fourth-order valence-corrected chi connectivity index (χ4v) is 7.47. The fraction of sp³-hybridized carbons (Fsp3) is 0.314. The zero-order valence-electron chi connectivity index (χ0n) is 25.0. The van der Waals surface area contributed by atoms with Gasteiger partial charge in [-0.15, -0.1) is 0 Å². The summed E-state index contributed by atoms with van der Waals surface area (Å²) in [6.07, 6.45) is 1.57. The average Bonchev–Trinajstić information content (AvgIpc) is 3.22. The molecule has 2 amide bonds. The van der Waals surface area contributed by atoms with Crippen LogP contribution in [0.4, 0.5) is 5.69 Å². The Balaban J connectivity index is 1.40. The minimum atomic E-state index is -3.71. The summed E-state index contributed by atoms with van der Waals surface area (Å²) in [5, 5.41) is 4.69. The van der Waals surface area contributed by atoms with Crippen LogP contribution in [0.25, 0.3) is 10.8 Å². The molecule has 1 N–H and O–H groups in total. The number of nitrogens with one attached hydrogen (secondary N) is 1. The highest BCUT2D eigenvalue weighted by molar-refractivity contribution is 7.93. The molecule has 1 heterocycles. The Labute approximate surface area is 254 Å². The Bertz CT molecular complexity index is 1720. The number of amides is 2. The molecular formula is C35H39N3O4S. The summed E-state index contributed by atoms with van der Waals surface area (Å²) in [5.74, 6) is -0.377. The standard InChI is InChI=1S/C35H39N3O4S/c1-4-26(3)36-35(40)31(23-27-13-6-5-7-14-27)37(24-28-15-8-12-25(2)22-28)33(39)20-11-21-38-30-18-9-16-29-17-10-19-32(34(29)30)43(38,41)42/h5-10,12-19,22,26,31H,4,11,20-21,23-24H2,1-3H3,(H,36,40). The molecule has 224 valence electrons. The first kappa shape index (κ1) is 30.3. The maximum Gasteiger partial charge on any atom is 0.265 e. The number of benzene rings is 4. The van der Waals surface area contributed by atoms with Crippen LogP contribution in [-0.2, 0) is 32.6 Å². The van der Waals surface area contributed by atoms with Crippen molar-refractivity contribution in [1.29, 1.82) is 0 Å². The summed E-state index contributed by atoms with van der Waals surface area (Å²) in [5.41, 5.74) is 3.61. The van der Waals surface area contributed by atoms with Gasteiger partial charge < -0.3 is 10.2 Å². The van der Waals surface area contributed by atoms with Gasteiger partial charge in [0.2, 0.25) is 11.8 Å². The van der Waals surface area contributed by atoms with Crippen LogP contribution < -0.4 is 9.62 Å². The molecule has 5 rings (SSSR count). The highest BCUT2D eigenvalue weighted by atomic mass is 32.2. The largest absolute Gasteiger partial charge is 0.352 e. The second-order valence-electron chi connectivity index (χ2n) is 11.3. The first-order valence-corrected chi connectivity index (χ1v) is 16.4. The van der Waals surface area contributed by atoms with Gasteiger partial charge in [-0.05, 0) is 55.3 Å². The van der Waals surface area contributed by atoms with E-state index < -0.39 is 16.1 Å². The number of carbonyl (C=O) groups is 2. The first-order valence-electron chi connectivity index (χ1n) is 14.9. The van der Waals surface area contributed by atoms with E-state index in [4.69, 9.17) is 0 Å². The highest BCUT2D eigenvalue weighted by Gasteiger charge is 2.36. The molecule has 0 saturated heterocycles. The number of rotatable bonds is 12. The minimum Gasteiger partial charge on any atom is -0.352 e. The maximum absolute atomic E-state index is 14.0. The fourth-order valence-electron chi connectivity index (χ4n) is 5.72. The molecule has 1 aliphatic heterocycles. The van der Waals surface area contributed by atoms with Crippen molar-refractivity contribution in [2.75, 3.05) is 10.8 Å². The molecule has 0 radical (unpaired) electrons. The summed E-state index contributed by atoms with van der Waals surface area (Å²) in [4.78, 5) is 29.8. The quantitative estimate of drug-likeness (QED) is 0.217. The monoisotopic (exact) mass is 597 g/mol. The smallest absolute Gasteiger partial charge is 0.265 e. The van der Waals surface area contributed by atoms with Gasteiger partial charge in [-0.3, -0.25) is 13.9 Å². The Hall–Kier alpha value is -4.17. The lowest BCUT2D eigenvalue weighted by molar-refractivity contribution is -0.141. The third kappa shape index (κ3) is 6.59.